The number of benzene rings is 2. The van der Waals surface area contributed by atoms with E-state index in [4.69, 9.17) is 9.41 Å². The lowest BCUT2D eigenvalue weighted by Gasteiger charge is -2.09. The first-order chi connectivity index (χ1) is 11.9. The highest BCUT2D eigenvalue weighted by Gasteiger charge is 2.09. The molecule has 118 valence electrons. The van der Waals surface area contributed by atoms with Crippen LogP contribution in [0.25, 0.3) is 16.9 Å². The van der Waals surface area contributed by atoms with Crippen molar-refractivity contribution in [2.24, 2.45) is 4.99 Å². The predicted molar refractivity (Wildman–Crippen MR) is 97.1 cm³/mol. The fourth-order valence-electron chi connectivity index (χ4n) is 2.61. The monoisotopic (exact) mass is 332 g/mol. The zero-order chi connectivity index (χ0) is 16.2. The molecule has 4 heteroatoms. The van der Waals surface area contributed by atoms with Crippen molar-refractivity contribution in [2.45, 2.75) is 6.54 Å². The molecule has 0 N–H and O–H groups in total. The number of para-hydroxylation sites is 1. The van der Waals surface area contributed by atoms with Gasteiger partial charge in [0.25, 0.3) is 0 Å². The lowest BCUT2D eigenvalue weighted by Crippen LogP contribution is -2.14. The average molecular weight is 332 g/mol. The van der Waals surface area contributed by atoms with Gasteiger partial charge in [0.1, 0.15) is 12.3 Å². The molecule has 0 radical (unpaired) electrons. The summed E-state index contributed by atoms with van der Waals surface area (Å²) in [6, 6.07) is 24.6. The molecule has 0 bridgehead atoms. The first kappa shape index (κ1) is 14.7. The highest BCUT2D eigenvalue weighted by Crippen LogP contribution is 2.23. The number of hydrogen-bond acceptors (Lipinski definition) is 3. The maximum absolute atomic E-state index is 5.39. The third-order valence-corrected chi connectivity index (χ3v) is 4.61. The Hall–Kier alpha value is -2.85. The molecule has 24 heavy (non-hydrogen) atoms. The van der Waals surface area contributed by atoms with E-state index in [0.717, 1.165) is 21.9 Å². The van der Waals surface area contributed by atoms with E-state index in [1.54, 1.807) is 17.6 Å². The van der Waals surface area contributed by atoms with Gasteiger partial charge in [-0.2, -0.15) is 0 Å². The van der Waals surface area contributed by atoms with Gasteiger partial charge in [-0.1, -0.05) is 48.5 Å². The van der Waals surface area contributed by atoms with Crippen LogP contribution in [-0.2, 0) is 6.54 Å². The van der Waals surface area contributed by atoms with Gasteiger partial charge in [0.05, 0.1) is 12.0 Å². The summed E-state index contributed by atoms with van der Waals surface area (Å²) in [5.74, 6) is 0.865. The zero-order valence-electron chi connectivity index (χ0n) is 13.0. The largest absolute Gasteiger partial charge is 0.467 e. The van der Waals surface area contributed by atoms with Gasteiger partial charge < -0.3 is 4.42 Å². The van der Waals surface area contributed by atoms with E-state index in [0.29, 0.717) is 6.54 Å². The van der Waals surface area contributed by atoms with Crippen molar-refractivity contribution >= 4 is 11.3 Å². The van der Waals surface area contributed by atoms with E-state index in [9.17, 15) is 0 Å². The SMILES string of the molecule is c1ccc(-c2csc(=NCc3ccco3)n2-c2ccccc2)cc1. The Morgan fingerprint density at radius 1 is 0.875 bits per heavy atom. The van der Waals surface area contributed by atoms with Crippen LogP contribution in [0.15, 0.2) is 93.8 Å². The molecule has 2 aromatic carbocycles. The Morgan fingerprint density at radius 2 is 1.62 bits per heavy atom. The van der Waals surface area contributed by atoms with Gasteiger partial charge >= 0.3 is 0 Å². The fraction of sp³-hybridized carbons (Fsp3) is 0.0500. The van der Waals surface area contributed by atoms with Crippen molar-refractivity contribution in [3.63, 3.8) is 0 Å². The number of nitrogens with zero attached hydrogens (tertiary/aromatic N) is 2. The standard InChI is InChI=1S/C20H16N2OS/c1-3-8-16(9-4-1)19-15-24-20(21-14-18-12-7-13-23-18)22(19)17-10-5-2-6-11-17/h1-13,15H,14H2. The van der Waals surface area contributed by atoms with E-state index >= 15 is 0 Å². The van der Waals surface area contributed by atoms with E-state index < -0.39 is 0 Å². The van der Waals surface area contributed by atoms with Crippen LogP contribution in [0.1, 0.15) is 5.76 Å². The van der Waals surface area contributed by atoms with Crippen LogP contribution >= 0.6 is 11.3 Å². The summed E-state index contributed by atoms with van der Waals surface area (Å²) in [7, 11) is 0. The summed E-state index contributed by atoms with van der Waals surface area (Å²) < 4.78 is 7.59. The predicted octanol–water partition coefficient (Wildman–Crippen LogP) is 4.90. The van der Waals surface area contributed by atoms with Crippen molar-refractivity contribution in [1.82, 2.24) is 4.57 Å². The minimum Gasteiger partial charge on any atom is -0.467 e. The van der Waals surface area contributed by atoms with Crippen LogP contribution in [-0.4, -0.2) is 4.57 Å². The normalized spacial score (nSPS) is 11.8. The van der Waals surface area contributed by atoms with Gasteiger partial charge in [0.15, 0.2) is 4.80 Å². The second-order valence-electron chi connectivity index (χ2n) is 5.34. The lowest BCUT2D eigenvalue weighted by atomic mass is 10.1. The van der Waals surface area contributed by atoms with Crippen LogP contribution in [0.4, 0.5) is 0 Å². The molecule has 0 amide bonds. The molecule has 0 unspecified atom stereocenters. The fourth-order valence-corrected chi connectivity index (χ4v) is 3.51. The molecular weight excluding hydrogens is 316 g/mol. The minimum absolute atomic E-state index is 0.536. The first-order valence-corrected chi connectivity index (χ1v) is 8.64. The van der Waals surface area contributed by atoms with E-state index in [1.165, 1.54) is 5.56 Å². The molecule has 2 heterocycles. The summed E-state index contributed by atoms with van der Waals surface area (Å²) in [5.41, 5.74) is 3.43. The zero-order valence-corrected chi connectivity index (χ0v) is 13.8. The van der Waals surface area contributed by atoms with Gasteiger partial charge in [0.2, 0.25) is 0 Å². The summed E-state index contributed by atoms with van der Waals surface area (Å²) in [6.07, 6.45) is 1.68. The Morgan fingerprint density at radius 3 is 2.33 bits per heavy atom. The first-order valence-electron chi connectivity index (χ1n) is 7.76. The minimum atomic E-state index is 0.536. The molecule has 0 aliphatic heterocycles. The number of thiazole rings is 1. The van der Waals surface area contributed by atoms with Crippen molar-refractivity contribution in [3.05, 3.63) is 95.0 Å². The molecule has 4 aromatic rings. The van der Waals surface area contributed by atoms with E-state index in [-0.39, 0.29) is 0 Å². The third kappa shape index (κ3) is 2.96. The van der Waals surface area contributed by atoms with Crippen LogP contribution in [0.2, 0.25) is 0 Å². The highest BCUT2D eigenvalue weighted by molar-refractivity contribution is 7.07. The molecule has 0 spiro atoms. The quantitative estimate of drug-likeness (QED) is 0.523. The molecule has 0 aliphatic carbocycles. The van der Waals surface area contributed by atoms with Crippen LogP contribution < -0.4 is 4.80 Å². The van der Waals surface area contributed by atoms with Crippen LogP contribution in [0, 0.1) is 0 Å². The third-order valence-electron chi connectivity index (χ3n) is 3.74. The number of rotatable bonds is 4. The number of furan rings is 1. The number of hydrogen-bond donors (Lipinski definition) is 0. The van der Waals surface area contributed by atoms with Crippen molar-refractivity contribution in [1.29, 1.82) is 0 Å². The van der Waals surface area contributed by atoms with Crippen LogP contribution in [0.5, 0.6) is 0 Å². The maximum atomic E-state index is 5.39. The van der Waals surface area contributed by atoms with Gasteiger partial charge in [-0.05, 0) is 29.8 Å². The molecule has 0 aliphatic rings. The molecule has 3 nitrogen and oxygen atoms in total. The average Bonchev–Trinajstić information content (AvgIpc) is 3.31. The topological polar surface area (TPSA) is 30.4 Å². The smallest absolute Gasteiger partial charge is 0.190 e. The van der Waals surface area contributed by atoms with Gasteiger partial charge in [-0.25, -0.2) is 0 Å². The second kappa shape index (κ2) is 6.72. The van der Waals surface area contributed by atoms with Gasteiger partial charge in [0, 0.05) is 11.1 Å². The Balaban J connectivity index is 1.86. The summed E-state index contributed by atoms with van der Waals surface area (Å²) >= 11 is 1.64. The molecule has 0 fully saturated rings. The van der Waals surface area contributed by atoms with Gasteiger partial charge in [-0.3, -0.25) is 9.56 Å². The molecule has 2 aromatic heterocycles. The van der Waals surface area contributed by atoms with Gasteiger partial charge in [-0.15, -0.1) is 11.3 Å². The van der Waals surface area contributed by atoms with Crippen molar-refractivity contribution in [2.75, 3.05) is 0 Å². The summed E-state index contributed by atoms with van der Waals surface area (Å²) in [6.45, 7) is 0.536. The molecule has 0 saturated carbocycles. The maximum Gasteiger partial charge on any atom is 0.190 e. The Labute approximate surface area is 144 Å². The van der Waals surface area contributed by atoms with E-state index in [1.807, 2.05) is 36.4 Å². The molecular formula is C20H16N2OS. The van der Waals surface area contributed by atoms with Crippen LogP contribution in [0.3, 0.4) is 0 Å². The summed E-state index contributed by atoms with van der Waals surface area (Å²) in [5, 5.41) is 2.16. The molecule has 4 rings (SSSR count). The summed E-state index contributed by atoms with van der Waals surface area (Å²) in [4.78, 5) is 5.71. The van der Waals surface area contributed by atoms with Crippen molar-refractivity contribution in [3.8, 4) is 16.9 Å². The number of aromatic nitrogens is 1. The molecule has 0 atom stereocenters. The second-order valence-corrected chi connectivity index (χ2v) is 6.17. The van der Waals surface area contributed by atoms with E-state index in [2.05, 4.69) is 46.3 Å². The van der Waals surface area contributed by atoms with Crippen molar-refractivity contribution < 1.29 is 4.42 Å². The molecule has 0 saturated heterocycles. The Kier molecular flexibility index (Phi) is 4.13. The Bertz CT molecular complexity index is 967. The lowest BCUT2D eigenvalue weighted by molar-refractivity contribution is 0.510. The highest BCUT2D eigenvalue weighted by atomic mass is 32.1.